The van der Waals surface area contributed by atoms with Crippen molar-refractivity contribution in [3.8, 4) is 5.75 Å². The number of hydrogen-bond donors (Lipinski definition) is 0. The Morgan fingerprint density at radius 2 is 1.47 bits per heavy atom. The fraction of sp³-hybridized carbons (Fsp3) is 0. The highest BCUT2D eigenvalue weighted by atomic mass is 35.5. The fourth-order valence-corrected chi connectivity index (χ4v) is 3.10. The Labute approximate surface area is 183 Å². The summed E-state index contributed by atoms with van der Waals surface area (Å²) in [4.78, 5) is 13.1. The van der Waals surface area contributed by atoms with E-state index in [2.05, 4.69) is 5.10 Å². The van der Waals surface area contributed by atoms with Gasteiger partial charge in [-0.05, 0) is 66.2 Å². The largest absolute Gasteiger partial charge is 0.455 e. The minimum Gasteiger partial charge on any atom is -0.455 e. The second-order valence-corrected chi connectivity index (χ2v) is 7.29. The van der Waals surface area contributed by atoms with Crippen molar-refractivity contribution in [1.82, 2.24) is 9.78 Å². The standard InChI is InChI=1S/C24H16Cl2N2O2/c25-19-8-6-18(7-9-19)24(29)28-22(14-15-27-28)23(16-17-4-2-1-3-5-17)30-21-12-10-20(26)11-13-21/h1-16H/b23-16+. The van der Waals surface area contributed by atoms with Gasteiger partial charge in [0.1, 0.15) is 11.4 Å². The molecule has 4 aromatic rings. The van der Waals surface area contributed by atoms with Crippen molar-refractivity contribution in [2.75, 3.05) is 0 Å². The van der Waals surface area contributed by atoms with Crippen LogP contribution in [0.5, 0.6) is 5.75 Å². The molecule has 0 unspecified atom stereocenters. The van der Waals surface area contributed by atoms with Crippen molar-refractivity contribution in [2.45, 2.75) is 0 Å². The third-order valence-electron chi connectivity index (χ3n) is 4.32. The first-order valence-corrected chi connectivity index (χ1v) is 9.90. The maximum absolute atomic E-state index is 13.1. The number of carbonyl (C=O) groups is 1. The number of rotatable bonds is 5. The van der Waals surface area contributed by atoms with E-state index in [4.69, 9.17) is 27.9 Å². The molecule has 0 bridgehead atoms. The van der Waals surface area contributed by atoms with Gasteiger partial charge >= 0.3 is 0 Å². The Balaban J connectivity index is 1.75. The lowest BCUT2D eigenvalue weighted by Gasteiger charge is -2.12. The van der Waals surface area contributed by atoms with E-state index in [1.165, 1.54) is 4.68 Å². The van der Waals surface area contributed by atoms with E-state index >= 15 is 0 Å². The first kappa shape index (κ1) is 20.0. The first-order chi connectivity index (χ1) is 14.6. The van der Waals surface area contributed by atoms with Crippen molar-refractivity contribution in [3.63, 3.8) is 0 Å². The molecule has 4 rings (SSSR count). The molecule has 0 spiro atoms. The smallest absolute Gasteiger partial charge is 0.278 e. The number of hydrogen-bond acceptors (Lipinski definition) is 3. The van der Waals surface area contributed by atoms with Gasteiger partial charge in [0.2, 0.25) is 0 Å². The van der Waals surface area contributed by atoms with Gasteiger partial charge in [-0.2, -0.15) is 9.78 Å². The van der Waals surface area contributed by atoms with Crippen LogP contribution in [0, 0.1) is 0 Å². The number of halogens is 2. The van der Waals surface area contributed by atoms with Gasteiger partial charge < -0.3 is 4.74 Å². The molecular weight excluding hydrogens is 419 g/mol. The minimum atomic E-state index is -0.287. The molecule has 1 heterocycles. The predicted octanol–water partition coefficient (Wildman–Crippen LogP) is 6.46. The van der Waals surface area contributed by atoms with Crippen molar-refractivity contribution < 1.29 is 9.53 Å². The number of aromatic nitrogens is 2. The molecule has 30 heavy (non-hydrogen) atoms. The summed E-state index contributed by atoms with van der Waals surface area (Å²) in [5, 5.41) is 5.39. The van der Waals surface area contributed by atoms with Crippen LogP contribution in [0.2, 0.25) is 10.0 Å². The van der Waals surface area contributed by atoms with Crippen LogP contribution in [0.25, 0.3) is 11.8 Å². The summed E-state index contributed by atoms with van der Waals surface area (Å²) in [6, 6.07) is 25.1. The van der Waals surface area contributed by atoms with Crippen molar-refractivity contribution >= 4 is 40.9 Å². The number of ether oxygens (including phenoxy) is 1. The Bertz CT molecular complexity index is 1180. The van der Waals surface area contributed by atoms with Crippen molar-refractivity contribution in [3.05, 3.63) is 118 Å². The molecule has 148 valence electrons. The van der Waals surface area contributed by atoms with Gasteiger partial charge in [0, 0.05) is 15.6 Å². The highest BCUT2D eigenvalue weighted by molar-refractivity contribution is 6.30. The molecule has 0 atom stereocenters. The fourth-order valence-electron chi connectivity index (χ4n) is 2.85. The van der Waals surface area contributed by atoms with E-state index in [-0.39, 0.29) is 5.91 Å². The third-order valence-corrected chi connectivity index (χ3v) is 4.82. The van der Waals surface area contributed by atoms with E-state index in [1.807, 2.05) is 36.4 Å². The van der Waals surface area contributed by atoms with E-state index in [0.29, 0.717) is 32.8 Å². The lowest BCUT2D eigenvalue weighted by Crippen LogP contribution is -2.17. The number of nitrogens with zero attached hydrogens (tertiary/aromatic N) is 2. The topological polar surface area (TPSA) is 44.1 Å². The van der Waals surface area contributed by atoms with Crippen LogP contribution in [-0.4, -0.2) is 15.7 Å². The van der Waals surface area contributed by atoms with E-state index < -0.39 is 0 Å². The summed E-state index contributed by atoms with van der Waals surface area (Å²) in [7, 11) is 0. The predicted molar refractivity (Wildman–Crippen MR) is 120 cm³/mol. The summed E-state index contributed by atoms with van der Waals surface area (Å²) in [6.07, 6.45) is 3.42. The molecule has 0 aliphatic rings. The second kappa shape index (κ2) is 8.99. The molecule has 0 radical (unpaired) electrons. The highest BCUT2D eigenvalue weighted by Gasteiger charge is 2.18. The number of carbonyl (C=O) groups excluding carboxylic acids is 1. The van der Waals surface area contributed by atoms with Crippen LogP contribution in [-0.2, 0) is 0 Å². The van der Waals surface area contributed by atoms with Crippen molar-refractivity contribution in [1.29, 1.82) is 0 Å². The van der Waals surface area contributed by atoms with Gasteiger partial charge in [-0.25, -0.2) is 0 Å². The average Bonchev–Trinajstić information content (AvgIpc) is 3.25. The molecule has 0 amide bonds. The van der Waals surface area contributed by atoms with Crippen LogP contribution >= 0.6 is 23.2 Å². The average molecular weight is 435 g/mol. The molecule has 0 N–H and O–H groups in total. The van der Waals surface area contributed by atoms with E-state index in [1.54, 1.807) is 60.8 Å². The number of benzene rings is 3. The molecule has 0 saturated heterocycles. The zero-order valence-electron chi connectivity index (χ0n) is 15.7. The highest BCUT2D eigenvalue weighted by Crippen LogP contribution is 2.25. The maximum Gasteiger partial charge on any atom is 0.278 e. The Kier molecular flexibility index (Phi) is 5.98. The summed E-state index contributed by atoms with van der Waals surface area (Å²) in [5.41, 5.74) is 1.91. The monoisotopic (exact) mass is 434 g/mol. The summed E-state index contributed by atoms with van der Waals surface area (Å²) < 4.78 is 7.45. The molecule has 0 fully saturated rings. The zero-order valence-corrected chi connectivity index (χ0v) is 17.2. The van der Waals surface area contributed by atoms with Crippen molar-refractivity contribution in [2.24, 2.45) is 0 Å². The van der Waals surface area contributed by atoms with Gasteiger partial charge in [-0.15, -0.1) is 0 Å². The van der Waals surface area contributed by atoms with E-state index in [9.17, 15) is 4.79 Å². The first-order valence-electron chi connectivity index (χ1n) is 9.15. The SMILES string of the molecule is O=C(c1ccc(Cl)cc1)n1nccc1/C(=C\c1ccccc1)Oc1ccc(Cl)cc1. The third kappa shape index (κ3) is 4.62. The molecule has 1 aromatic heterocycles. The Hall–Kier alpha value is -3.34. The van der Waals surface area contributed by atoms with Gasteiger partial charge in [-0.3, -0.25) is 4.79 Å². The lowest BCUT2D eigenvalue weighted by atomic mass is 10.1. The van der Waals surface area contributed by atoms with Crippen LogP contribution in [0.3, 0.4) is 0 Å². The van der Waals surface area contributed by atoms with Crippen LogP contribution in [0.15, 0.2) is 91.1 Å². The molecule has 4 nitrogen and oxygen atoms in total. The lowest BCUT2D eigenvalue weighted by molar-refractivity contribution is 0.0943. The quantitative estimate of drug-likeness (QED) is 0.338. The molecule has 0 aliphatic heterocycles. The maximum atomic E-state index is 13.1. The summed E-state index contributed by atoms with van der Waals surface area (Å²) in [6.45, 7) is 0. The van der Waals surface area contributed by atoms with Crippen LogP contribution in [0.1, 0.15) is 21.6 Å². The molecule has 6 heteroatoms. The van der Waals surface area contributed by atoms with Gasteiger partial charge in [0.15, 0.2) is 5.76 Å². The molecule has 0 saturated carbocycles. The zero-order chi connectivity index (χ0) is 20.9. The van der Waals surface area contributed by atoms with E-state index in [0.717, 1.165) is 5.56 Å². The molecular formula is C24H16Cl2N2O2. The van der Waals surface area contributed by atoms with Gasteiger partial charge in [-0.1, -0.05) is 53.5 Å². The normalized spacial score (nSPS) is 11.3. The molecule has 0 aliphatic carbocycles. The second-order valence-electron chi connectivity index (χ2n) is 6.42. The van der Waals surface area contributed by atoms with Gasteiger partial charge in [0.05, 0.1) is 6.20 Å². The van der Waals surface area contributed by atoms with Crippen LogP contribution < -0.4 is 4.74 Å². The van der Waals surface area contributed by atoms with Gasteiger partial charge in [0.25, 0.3) is 5.91 Å². The summed E-state index contributed by atoms with van der Waals surface area (Å²) >= 11 is 11.9. The van der Waals surface area contributed by atoms with Crippen LogP contribution in [0.4, 0.5) is 0 Å². The minimum absolute atomic E-state index is 0.287. The molecule has 3 aromatic carbocycles. The Morgan fingerprint density at radius 3 is 2.13 bits per heavy atom. The summed E-state index contributed by atoms with van der Waals surface area (Å²) in [5.74, 6) is 0.780. The Morgan fingerprint density at radius 1 is 0.833 bits per heavy atom.